The van der Waals surface area contributed by atoms with Gasteiger partial charge in [-0.15, -0.1) is 0 Å². The molecular formula is C22H20ClN5S2. The molecule has 5 nitrogen and oxygen atoms in total. The van der Waals surface area contributed by atoms with E-state index in [1.165, 1.54) is 11.9 Å². The lowest BCUT2D eigenvalue weighted by atomic mass is 10.2. The monoisotopic (exact) mass is 453 g/mol. The van der Waals surface area contributed by atoms with Gasteiger partial charge in [0.15, 0.2) is 10.3 Å². The molecule has 4 aromatic rings. The van der Waals surface area contributed by atoms with E-state index in [1.54, 1.807) is 17.5 Å². The predicted octanol–water partition coefficient (Wildman–Crippen LogP) is 6.34. The fraction of sp³-hybridized carbons (Fsp3) is 0.136. The summed E-state index contributed by atoms with van der Waals surface area (Å²) in [4.78, 5) is 15.6. The molecular weight excluding hydrogens is 434 g/mol. The molecule has 0 saturated carbocycles. The van der Waals surface area contributed by atoms with Crippen molar-refractivity contribution in [3.63, 3.8) is 0 Å². The molecule has 0 amide bonds. The minimum atomic E-state index is 0.443. The van der Waals surface area contributed by atoms with Gasteiger partial charge in [-0.1, -0.05) is 47.2 Å². The normalized spacial score (nSPS) is 10.7. The molecule has 0 aliphatic carbocycles. The van der Waals surface area contributed by atoms with Gasteiger partial charge in [0, 0.05) is 41.5 Å². The third-order valence-corrected chi connectivity index (χ3v) is 6.60. The Bertz CT molecular complexity index is 1100. The number of hydrogen-bond donors (Lipinski definition) is 2. The minimum Gasteiger partial charge on any atom is -0.361 e. The van der Waals surface area contributed by atoms with Crippen molar-refractivity contribution in [2.75, 3.05) is 16.6 Å². The number of nitrogens with zero attached hydrogens (tertiary/aromatic N) is 3. The largest absolute Gasteiger partial charge is 0.361 e. The number of rotatable bonds is 8. The van der Waals surface area contributed by atoms with E-state index in [1.807, 2.05) is 67.7 Å². The van der Waals surface area contributed by atoms with Gasteiger partial charge < -0.3 is 10.0 Å². The summed E-state index contributed by atoms with van der Waals surface area (Å²) in [6.45, 7) is 2.79. The Hall–Kier alpha value is -2.61. The highest BCUT2D eigenvalue weighted by Crippen LogP contribution is 2.36. The zero-order valence-corrected chi connectivity index (χ0v) is 18.7. The zero-order chi connectivity index (χ0) is 20.8. The van der Waals surface area contributed by atoms with Crippen molar-refractivity contribution in [2.24, 2.45) is 0 Å². The molecule has 30 heavy (non-hydrogen) atoms. The number of nitrogens with one attached hydrogen (secondary N) is 2. The Balaban J connectivity index is 1.44. The molecule has 0 saturated heterocycles. The average molecular weight is 454 g/mol. The first kappa shape index (κ1) is 20.7. The Kier molecular flexibility index (Phi) is 6.84. The van der Waals surface area contributed by atoms with Gasteiger partial charge in [0.2, 0.25) is 0 Å². The van der Waals surface area contributed by atoms with Gasteiger partial charge in [0.1, 0.15) is 0 Å². The lowest BCUT2D eigenvalue weighted by molar-refractivity contribution is 0.958. The Labute approximate surface area is 189 Å². The van der Waals surface area contributed by atoms with E-state index in [2.05, 4.69) is 25.0 Å². The van der Waals surface area contributed by atoms with Crippen LogP contribution in [-0.4, -0.2) is 21.5 Å². The second-order valence-electron chi connectivity index (χ2n) is 6.51. The fourth-order valence-electron chi connectivity index (χ4n) is 2.83. The Morgan fingerprint density at radius 2 is 1.90 bits per heavy atom. The van der Waals surface area contributed by atoms with Crippen LogP contribution in [0.3, 0.4) is 0 Å². The van der Waals surface area contributed by atoms with Gasteiger partial charge in [0.25, 0.3) is 0 Å². The van der Waals surface area contributed by atoms with Gasteiger partial charge in [-0.2, -0.15) is 0 Å². The summed E-state index contributed by atoms with van der Waals surface area (Å²) >= 11 is 9.43. The summed E-state index contributed by atoms with van der Waals surface area (Å²) in [7, 11) is 0. The second kappa shape index (κ2) is 9.93. The first-order valence-electron chi connectivity index (χ1n) is 9.44. The Morgan fingerprint density at radius 3 is 2.70 bits per heavy atom. The van der Waals surface area contributed by atoms with E-state index in [0.717, 1.165) is 50.5 Å². The lowest BCUT2D eigenvalue weighted by Gasteiger charge is -2.08. The van der Waals surface area contributed by atoms with E-state index in [9.17, 15) is 0 Å². The molecule has 0 fully saturated rings. The molecule has 0 radical (unpaired) electrons. The first-order valence-corrected chi connectivity index (χ1v) is 11.4. The smallest absolute Gasteiger partial charge is 0.183 e. The average Bonchev–Trinajstić information content (AvgIpc) is 3.15. The van der Waals surface area contributed by atoms with Crippen LogP contribution < -0.4 is 10.0 Å². The molecule has 2 N–H and O–H groups in total. The number of thiazole rings is 1. The SMILES string of the molecule is Cc1nc(NCCc2ccccn2)sc1-c1cnc(Cl)c(NSc2ccccc2)c1. The number of aromatic nitrogens is 3. The van der Waals surface area contributed by atoms with Crippen LogP contribution in [0.15, 0.2) is 71.9 Å². The van der Waals surface area contributed by atoms with Crippen molar-refractivity contribution in [1.29, 1.82) is 0 Å². The van der Waals surface area contributed by atoms with Crippen molar-refractivity contribution in [3.8, 4) is 10.4 Å². The molecule has 3 aromatic heterocycles. The van der Waals surface area contributed by atoms with Gasteiger partial charge in [-0.25, -0.2) is 9.97 Å². The zero-order valence-electron chi connectivity index (χ0n) is 16.3. The number of halogens is 1. The molecule has 1 aromatic carbocycles. The summed E-state index contributed by atoms with van der Waals surface area (Å²) in [6.07, 6.45) is 4.46. The third kappa shape index (κ3) is 5.30. The van der Waals surface area contributed by atoms with E-state index in [4.69, 9.17) is 11.6 Å². The summed E-state index contributed by atoms with van der Waals surface area (Å²) in [5.74, 6) is 0. The number of pyridine rings is 2. The highest BCUT2D eigenvalue weighted by molar-refractivity contribution is 8.00. The Morgan fingerprint density at radius 1 is 1.07 bits per heavy atom. The molecule has 0 unspecified atom stereocenters. The van der Waals surface area contributed by atoms with Crippen LogP contribution in [-0.2, 0) is 6.42 Å². The van der Waals surface area contributed by atoms with E-state index in [-0.39, 0.29) is 0 Å². The second-order valence-corrected chi connectivity index (χ2v) is 8.75. The summed E-state index contributed by atoms with van der Waals surface area (Å²) in [6, 6.07) is 18.1. The highest BCUT2D eigenvalue weighted by atomic mass is 35.5. The maximum Gasteiger partial charge on any atom is 0.183 e. The maximum absolute atomic E-state index is 6.30. The van der Waals surface area contributed by atoms with Crippen LogP contribution in [0.25, 0.3) is 10.4 Å². The molecule has 0 bridgehead atoms. The molecule has 3 heterocycles. The fourth-order valence-corrected chi connectivity index (χ4v) is 4.69. The summed E-state index contributed by atoms with van der Waals surface area (Å²) in [5.41, 5.74) is 3.79. The van der Waals surface area contributed by atoms with Crippen LogP contribution in [0.5, 0.6) is 0 Å². The third-order valence-electron chi connectivity index (χ3n) is 4.30. The van der Waals surface area contributed by atoms with E-state index < -0.39 is 0 Å². The van der Waals surface area contributed by atoms with Gasteiger partial charge in [-0.3, -0.25) is 4.98 Å². The standard InChI is InChI=1S/C22H20ClN5S2/c1-15-20(29-22(27-15)25-12-10-17-7-5-6-11-24-17)16-13-19(21(23)26-14-16)28-30-18-8-3-2-4-9-18/h2-9,11,13-14,28H,10,12H2,1H3,(H,25,27). The number of aryl methyl sites for hydroxylation is 1. The van der Waals surface area contributed by atoms with Crippen molar-refractivity contribution in [2.45, 2.75) is 18.2 Å². The van der Waals surface area contributed by atoms with Crippen molar-refractivity contribution < 1.29 is 0 Å². The predicted molar refractivity (Wildman–Crippen MR) is 127 cm³/mol. The van der Waals surface area contributed by atoms with Gasteiger partial charge in [-0.05, 0) is 49.2 Å². The molecule has 0 atom stereocenters. The lowest BCUT2D eigenvalue weighted by Crippen LogP contribution is -2.05. The van der Waals surface area contributed by atoms with Crippen LogP contribution in [0, 0.1) is 6.92 Å². The number of benzene rings is 1. The molecule has 152 valence electrons. The van der Waals surface area contributed by atoms with Gasteiger partial charge >= 0.3 is 0 Å². The molecule has 0 aliphatic rings. The van der Waals surface area contributed by atoms with Crippen LogP contribution >= 0.6 is 34.9 Å². The molecule has 4 rings (SSSR count). The first-order chi connectivity index (χ1) is 14.7. The van der Waals surface area contributed by atoms with E-state index in [0.29, 0.717) is 5.15 Å². The maximum atomic E-state index is 6.30. The van der Waals surface area contributed by atoms with Crippen LogP contribution in [0.4, 0.5) is 10.8 Å². The topological polar surface area (TPSA) is 62.7 Å². The van der Waals surface area contributed by atoms with Crippen molar-refractivity contribution in [3.05, 3.63) is 83.5 Å². The minimum absolute atomic E-state index is 0.443. The molecule has 8 heteroatoms. The van der Waals surface area contributed by atoms with Crippen LogP contribution in [0.2, 0.25) is 5.15 Å². The van der Waals surface area contributed by atoms with Crippen LogP contribution in [0.1, 0.15) is 11.4 Å². The van der Waals surface area contributed by atoms with Crippen molar-refractivity contribution in [1.82, 2.24) is 15.0 Å². The number of anilines is 2. The molecule has 0 aliphatic heterocycles. The van der Waals surface area contributed by atoms with E-state index >= 15 is 0 Å². The highest BCUT2D eigenvalue weighted by Gasteiger charge is 2.13. The van der Waals surface area contributed by atoms with Gasteiger partial charge in [0.05, 0.1) is 16.3 Å². The van der Waals surface area contributed by atoms with Crippen molar-refractivity contribution >= 4 is 45.7 Å². The molecule has 0 spiro atoms. The quantitative estimate of drug-likeness (QED) is 0.240. The summed E-state index contributed by atoms with van der Waals surface area (Å²) in [5, 5.41) is 4.73. The number of hydrogen-bond acceptors (Lipinski definition) is 7. The summed E-state index contributed by atoms with van der Waals surface area (Å²) < 4.78 is 3.30.